The molecule has 2 aliphatic rings. The summed E-state index contributed by atoms with van der Waals surface area (Å²) < 4.78 is 5.51. The molecule has 4 aromatic rings. The Labute approximate surface area is 230 Å². The first-order valence-corrected chi connectivity index (χ1v) is 13.9. The molecule has 10 heteroatoms. The van der Waals surface area contributed by atoms with Gasteiger partial charge in [-0.05, 0) is 37.1 Å². The van der Waals surface area contributed by atoms with Crippen LogP contribution in [0.2, 0.25) is 0 Å². The lowest BCUT2D eigenvalue weighted by Gasteiger charge is -2.31. The van der Waals surface area contributed by atoms with Gasteiger partial charge in [0.05, 0.1) is 24.2 Å². The number of likely N-dealkylation sites (tertiary alicyclic amines) is 1. The molecule has 0 atom stereocenters. The lowest BCUT2D eigenvalue weighted by molar-refractivity contribution is 0.0707. The normalized spacial score (nSPS) is 15.6. The largest absolute Gasteiger partial charge is 0.496 e. The first kappa shape index (κ1) is 25.0. The maximum Gasteiger partial charge on any atom is 0.275 e. The van der Waals surface area contributed by atoms with Crippen molar-refractivity contribution in [2.24, 2.45) is 4.99 Å². The Bertz CT molecular complexity index is 1570. The zero-order valence-corrected chi connectivity index (χ0v) is 22.3. The van der Waals surface area contributed by atoms with Gasteiger partial charge in [-0.1, -0.05) is 24.3 Å². The molecule has 0 saturated carbocycles. The van der Waals surface area contributed by atoms with E-state index in [1.807, 2.05) is 53.4 Å². The van der Waals surface area contributed by atoms with Crippen LogP contribution in [-0.4, -0.2) is 65.8 Å². The maximum absolute atomic E-state index is 13.3. The molecule has 2 N–H and O–H groups in total. The van der Waals surface area contributed by atoms with Gasteiger partial charge < -0.3 is 20.3 Å². The summed E-state index contributed by atoms with van der Waals surface area (Å²) in [4.78, 5) is 41.7. The Balaban J connectivity index is 1.08. The second-order valence-electron chi connectivity index (χ2n) is 9.56. The number of para-hydroxylation sites is 1. The standard InChI is InChI=1S/C29H28N6O3S/c1-38-25-16-23(33-22-8-3-2-7-21(22)25)29(37)35-13-9-18(10-14-35)28-34-24(17-39-28)27(36)32-20-6-4-5-19(15-20)26-30-11-12-31-26/h2-8,15-18H,9-14H2,1H3,(H,30,31)(H,32,36). The highest BCUT2D eigenvalue weighted by Crippen LogP contribution is 2.32. The molecule has 2 aliphatic heterocycles. The number of nitrogens with one attached hydrogen (secondary N) is 2. The molecule has 9 nitrogen and oxygen atoms in total. The van der Waals surface area contributed by atoms with Crippen molar-refractivity contribution in [1.29, 1.82) is 0 Å². The Morgan fingerprint density at radius 3 is 2.69 bits per heavy atom. The van der Waals surface area contributed by atoms with Gasteiger partial charge in [0.2, 0.25) is 0 Å². The summed E-state index contributed by atoms with van der Waals surface area (Å²) in [5.74, 6) is 1.36. The van der Waals surface area contributed by atoms with Crippen LogP contribution in [0.15, 0.2) is 65.0 Å². The molecule has 1 fully saturated rings. The van der Waals surface area contributed by atoms with Crippen LogP contribution in [0, 0.1) is 0 Å². The minimum absolute atomic E-state index is 0.0993. The topological polar surface area (TPSA) is 109 Å². The van der Waals surface area contributed by atoms with Crippen LogP contribution < -0.4 is 15.4 Å². The number of fused-ring (bicyclic) bond motifs is 1. The van der Waals surface area contributed by atoms with Gasteiger partial charge in [0.15, 0.2) is 0 Å². The average Bonchev–Trinajstić information content (AvgIpc) is 3.70. The molecule has 0 radical (unpaired) electrons. The number of nitrogens with zero attached hydrogens (tertiary/aromatic N) is 4. The maximum atomic E-state index is 13.3. The van der Waals surface area contributed by atoms with Crippen molar-refractivity contribution in [3.05, 3.63) is 81.9 Å². The van der Waals surface area contributed by atoms with E-state index < -0.39 is 0 Å². The predicted molar refractivity (Wildman–Crippen MR) is 152 cm³/mol. The number of anilines is 1. The number of rotatable bonds is 6. The Hall–Kier alpha value is -4.31. The quantitative estimate of drug-likeness (QED) is 0.377. The van der Waals surface area contributed by atoms with Crippen molar-refractivity contribution < 1.29 is 14.3 Å². The van der Waals surface area contributed by atoms with Crippen molar-refractivity contribution in [2.75, 3.05) is 38.6 Å². The molecule has 0 unspecified atom stereocenters. The van der Waals surface area contributed by atoms with E-state index in [0.29, 0.717) is 35.9 Å². The van der Waals surface area contributed by atoms with E-state index in [0.717, 1.165) is 53.2 Å². The molecule has 0 bridgehead atoms. The van der Waals surface area contributed by atoms with Crippen molar-refractivity contribution in [1.82, 2.24) is 20.2 Å². The highest BCUT2D eigenvalue weighted by Gasteiger charge is 2.28. The highest BCUT2D eigenvalue weighted by atomic mass is 32.1. The van der Waals surface area contributed by atoms with Crippen molar-refractivity contribution >= 4 is 45.6 Å². The minimum Gasteiger partial charge on any atom is -0.496 e. The number of amidine groups is 1. The summed E-state index contributed by atoms with van der Waals surface area (Å²) in [6, 6.07) is 17.0. The van der Waals surface area contributed by atoms with Crippen LogP contribution in [0.25, 0.3) is 10.9 Å². The van der Waals surface area contributed by atoms with Crippen molar-refractivity contribution in [3.8, 4) is 5.75 Å². The smallest absolute Gasteiger partial charge is 0.275 e. The fourth-order valence-corrected chi connectivity index (χ4v) is 5.99. The van der Waals surface area contributed by atoms with E-state index in [9.17, 15) is 9.59 Å². The van der Waals surface area contributed by atoms with Gasteiger partial charge in [-0.3, -0.25) is 14.6 Å². The Morgan fingerprint density at radius 1 is 1.05 bits per heavy atom. The van der Waals surface area contributed by atoms with Crippen LogP contribution in [-0.2, 0) is 0 Å². The number of aromatic nitrogens is 2. The second-order valence-corrected chi connectivity index (χ2v) is 10.4. The van der Waals surface area contributed by atoms with Crippen LogP contribution in [0.5, 0.6) is 5.75 Å². The zero-order chi connectivity index (χ0) is 26.8. The Kier molecular flexibility index (Phi) is 6.93. The molecule has 6 rings (SSSR count). The van der Waals surface area contributed by atoms with Crippen LogP contribution in [0.1, 0.15) is 50.3 Å². The summed E-state index contributed by atoms with van der Waals surface area (Å²) in [7, 11) is 1.60. The average molecular weight is 541 g/mol. The third-order valence-electron chi connectivity index (χ3n) is 7.07. The van der Waals surface area contributed by atoms with Gasteiger partial charge in [-0.25, -0.2) is 9.97 Å². The van der Waals surface area contributed by atoms with Crippen LogP contribution in [0.3, 0.4) is 0 Å². The van der Waals surface area contributed by atoms with Crippen molar-refractivity contribution in [3.63, 3.8) is 0 Å². The van der Waals surface area contributed by atoms with Crippen LogP contribution >= 0.6 is 11.3 Å². The second kappa shape index (κ2) is 10.8. The predicted octanol–water partition coefficient (Wildman–Crippen LogP) is 4.32. The van der Waals surface area contributed by atoms with Gasteiger partial charge in [-0.2, -0.15) is 0 Å². The number of carbonyl (C=O) groups is 2. The number of benzene rings is 2. The molecule has 0 aliphatic carbocycles. The number of ether oxygens (including phenoxy) is 1. The molecule has 198 valence electrons. The molecular weight excluding hydrogens is 512 g/mol. The van der Waals surface area contributed by atoms with Crippen molar-refractivity contribution in [2.45, 2.75) is 18.8 Å². The molecule has 2 amide bonds. The number of hydrogen-bond donors (Lipinski definition) is 2. The number of pyridine rings is 1. The Morgan fingerprint density at radius 2 is 1.90 bits per heavy atom. The number of methoxy groups -OCH3 is 1. The molecule has 0 spiro atoms. The molecule has 1 saturated heterocycles. The first-order chi connectivity index (χ1) is 19.1. The number of carbonyl (C=O) groups excluding carboxylic acids is 2. The molecule has 39 heavy (non-hydrogen) atoms. The van der Waals surface area contributed by atoms with E-state index in [1.165, 1.54) is 11.3 Å². The minimum atomic E-state index is -0.236. The van der Waals surface area contributed by atoms with E-state index in [2.05, 4.69) is 25.6 Å². The summed E-state index contributed by atoms with van der Waals surface area (Å²) in [5.41, 5.74) is 3.18. The number of thiazole rings is 1. The zero-order valence-electron chi connectivity index (χ0n) is 21.5. The third-order valence-corrected chi connectivity index (χ3v) is 8.08. The summed E-state index contributed by atoms with van der Waals surface area (Å²) in [5, 5.41) is 9.82. The monoisotopic (exact) mass is 540 g/mol. The van der Waals surface area contributed by atoms with E-state index in [1.54, 1.807) is 18.6 Å². The van der Waals surface area contributed by atoms with E-state index in [4.69, 9.17) is 4.74 Å². The molecule has 4 heterocycles. The summed E-state index contributed by atoms with van der Waals surface area (Å²) in [6.45, 7) is 2.80. The van der Waals surface area contributed by atoms with E-state index >= 15 is 0 Å². The van der Waals surface area contributed by atoms with Gasteiger partial charge in [0, 0.05) is 53.6 Å². The number of amides is 2. The summed E-state index contributed by atoms with van der Waals surface area (Å²) in [6.07, 6.45) is 1.56. The molecule has 2 aromatic carbocycles. The number of hydrogen-bond acceptors (Lipinski definition) is 8. The lowest BCUT2D eigenvalue weighted by atomic mass is 9.97. The van der Waals surface area contributed by atoms with E-state index in [-0.39, 0.29) is 17.7 Å². The SMILES string of the molecule is COc1cc(C(=O)N2CCC(c3nc(C(=O)Nc4cccc(C5=NCCN5)c4)cs3)CC2)nc2ccccc12. The van der Waals surface area contributed by atoms with Gasteiger partial charge in [0.1, 0.15) is 23.0 Å². The number of piperidine rings is 1. The molecule has 2 aromatic heterocycles. The fraction of sp³-hybridized carbons (Fsp3) is 0.276. The first-order valence-electron chi connectivity index (χ1n) is 13.0. The highest BCUT2D eigenvalue weighted by molar-refractivity contribution is 7.10. The third kappa shape index (κ3) is 5.20. The van der Waals surface area contributed by atoms with Gasteiger partial charge in [-0.15, -0.1) is 11.3 Å². The van der Waals surface area contributed by atoms with Gasteiger partial charge >= 0.3 is 0 Å². The fourth-order valence-electron chi connectivity index (χ4n) is 5.02. The summed E-state index contributed by atoms with van der Waals surface area (Å²) >= 11 is 1.50. The lowest BCUT2D eigenvalue weighted by Crippen LogP contribution is -2.38. The molecular formula is C29H28N6O3S. The number of aliphatic imine (C=N–C) groups is 1. The van der Waals surface area contributed by atoms with Crippen LogP contribution in [0.4, 0.5) is 5.69 Å². The van der Waals surface area contributed by atoms with Gasteiger partial charge in [0.25, 0.3) is 11.8 Å².